The third kappa shape index (κ3) is 5.19. The topological polar surface area (TPSA) is 84.5 Å². The Balaban J connectivity index is 1.74. The summed E-state index contributed by atoms with van der Waals surface area (Å²) in [6.07, 6.45) is 0.827. The maximum atomic E-state index is 12.9. The molecular formula is C21H24N2O4S. The number of thiophene rings is 1. The molecule has 0 spiro atoms. The minimum absolute atomic E-state index is 0.150. The Kier molecular flexibility index (Phi) is 6.46. The first kappa shape index (κ1) is 20.1. The van der Waals surface area contributed by atoms with Crippen molar-refractivity contribution in [2.45, 2.75) is 44.9 Å². The number of hydrogen-bond donors (Lipinski definition) is 2. The van der Waals surface area contributed by atoms with Crippen LogP contribution in [-0.4, -0.2) is 29.9 Å². The molecule has 1 heterocycles. The number of rotatable bonds is 8. The molecule has 6 nitrogen and oxygen atoms in total. The van der Waals surface area contributed by atoms with Gasteiger partial charge in [0.05, 0.1) is 4.88 Å². The van der Waals surface area contributed by atoms with Gasteiger partial charge in [0.2, 0.25) is 6.10 Å². The van der Waals surface area contributed by atoms with E-state index < -0.39 is 18.1 Å². The van der Waals surface area contributed by atoms with Gasteiger partial charge >= 0.3 is 5.97 Å². The molecule has 0 unspecified atom stereocenters. The SMILES string of the molecule is CC(C)[C@H](NC(=O)c1cccs1)C(=O)O[C@@H](C(=O)NC1CC1)c1ccccc1. The highest BCUT2D eigenvalue weighted by atomic mass is 32.1. The van der Waals surface area contributed by atoms with E-state index in [1.165, 1.54) is 11.3 Å². The van der Waals surface area contributed by atoms with Gasteiger partial charge < -0.3 is 15.4 Å². The number of nitrogens with one attached hydrogen (secondary N) is 2. The summed E-state index contributed by atoms with van der Waals surface area (Å²) in [7, 11) is 0. The highest BCUT2D eigenvalue weighted by Crippen LogP contribution is 2.24. The smallest absolute Gasteiger partial charge is 0.330 e. The maximum Gasteiger partial charge on any atom is 0.330 e. The second-order valence-electron chi connectivity index (χ2n) is 7.18. The lowest BCUT2D eigenvalue weighted by Gasteiger charge is -2.24. The molecule has 0 saturated heterocycles. The molecule has 2 amide bonds. The number of carbonyl (C=O) groups excluding carboxylic acids is 3. The number of benzene rings is 1. The van der Waals surface area contributed by atoms with E-state index in [-0.39, 0.29) is 23.8 Å². The molecule has 28 heavy (non-hydrogen) atoms. The Morgan fingerprint density at radius 1 is 1.07 bits per heavy atom. The van der Waals surface area contributed by atoms with Crippen LogP contribution in [0.3, 0.4) is 0 Å². The average molecular weight is 401 g/mol. The van der Waals surface area contributed by atoms with Gasteiger partial charge in [0.25, 0.3) is 11.8 Å². The van der Waals surface area contributed by atoms with E-state index in [0.717, 1.165) is 12.8 Å². The Morgan fingerprint density at radius 2 is 1.79 bits per heavy atom. The summed E-state index contributed by atoms with van der Waals surface area (Å²) in [6.45, 7) is 3.64. The third-order valence-corrected chi connectivity index (χ3v) is 5.32. The normalized spacial score (nSPS) is 15.5. The fraction of sp³-hybridized carbons (Fsp3) is 0.381. The Morgan fingerprint density at radius 3 is 2.36 bits per heavy atom. The Bertz CT molecular complexity index is 816. The molecule has 1 aromatic carbocycles. The van der Waals surface area contributed by atoms with Gasteiger partial charge in [0.15, 0.2) is 0 Å². The number of esters is 1. The lowest BCUT2D eigenvalue weighted by molar-refractivity contribution is -0.159. The first-order valence-electron chi connectivity index (χ1n) is 9.36. The molecular weight excluding hydrogens is 376 g/mol. The molecule has 148 valence electrons. The van der Waals surface area contributed by atoms with Crippen LogP contribution in [0.1, 0.15) is 48.0 Å². The molecule has 1 aromatic heterocycles. The summed E-state index contributed by atoms with van der Waals surface area (Å²) in [4.78, 5) is 38.4. The van der Waals surface area contributed by atoms with Crippen molar-refractivity contribution in [2.24, 2.45) is 5.92 Å². The predicted octanol–water partition coefficient (Wildman–Crippen LogP) is 3.07. The molecule has 7 heteroatoms. The summed E-state index contributed by atoms with van der Waals surface area (Å²) in [5, 5.41) is 7.42. The van der Waals surface area contributed by atoms with E-state index in [2.05, 4.69) is 10.6 Å². The Hall–Kier alpha value is -2.67. The zero-order chi connectivity index (χ0) is 20.1. The molecule has 1 fully saturated rings. The first-order chi connectivity index (χ1) is 13.5. The number of ether oxygens (including phenoxy) is 1. The monoisotopic (exact) mass is 400 g/mol. The molecule has 1 aliphatic carbocycles. The van der Waals surface area contributed by atoms with E-state index in [4.69, 9.17) is 4.74 Å². The quantitative estimate of drug-likeness (QED) is 0.667. The van der Waals surface area contributed by atoms with Crippen LogP contribution in [0.2, 0.25) is 0 Å². The van der Waals surface area contributed by atoms with Crippen molar-refractivity contribution in [2.75, 3.05) is 0 Å². The van der Waals surface area contributed by atoms with Crippen LogP contribution < -0.4 is 10.6 Å². The van der Waals surface area contributed by atoms with Crippen molar-refractivity contribution in [3.8, 4) is 0 Å². The molecule has 1 saturated carbocycles. The van der Waals surface area contributed by atoms with Crippen molar-refractivity contribution in [1.29, 1.82) is 0 Å². The summed E-state index contributed by atoms with van der Waals surface area (Å²) in [5.74, 6) is -1.49. The minimum Gasteiger partial charge on any atom is -0.446 e. The van der Waals surface area contributed by atoms with Crippen LogP contribution in [0.4, 0.5) is 0 Å². The van der Waals surface area contributed by atoms with E-state index in [1.54, 1.807) is 41.8 Å². The van der Waals surface area contributed by atoms with E-state index in [9.17, 15) is 14.4 Å². The number of amides is 2. The summed E-state index contributed by atoms with van der Waals surface area (Å²) >= 11 is 1.30. The molecule has 3 rings (SSSR count). The van der Waals surface area contributed by atoms with E-state index >= 15 is 0 Å². The summed E-state index contributed by atoms with van der Waals surface area (Å²) < 4.78 is 5.61. The van der Waals surface area contributed by atoms with Gasteiger partial charge in [-0.05, 0) is 30.2 Å². The summed E-state index contributed by atoms with van der Waals surface area (Å²) in [6, 6.07) is 11.7. The molecule has 0 aliphatic heterocycles. The van der Waals surface area contributed by atoms with Gasteiger partial charge in [0, 0.05) is 11.6 Å². The predicted molar refractivity (Wildman–Crippen MR) is 107 cm³/mol. The average Bonchev–Trinajstić information content (AvgIpc) is 3.31. The van der Waals surface area contributed by atoms with Gasteiger partial charge in [-0.3, -0.25) is 9.59 Å². The minimum atomic E-state index is -1.05. The molecule has 0 bridgehead atoms. The second kappa shape index (κ2) is 9.01. The maximum absolute atomic E-state index is 12.9. The van der Waals surface area contributed by atoms with Gasteiger partial charge in [-0.25, -0.2) is 4.79 Å². The van der Waals surface area contributed by atoms with Crippen LogP contribution in [0, 0.1) is 5.92 Å². The fourth-order valence-electron chi connectivity index (χ4n) is 2.71. The molecule has 2 N–H and O–H groups in total. The number of carbonyl (C=O) groups is 3. The molecule has 1 aliphatic rings. The van der Waals surface area contributed by atoms with Crippen LogP contribution in [-0.2, 0) is 14.3 Å². The molecule has 2 atom stereocenters. The first-order valence-corrected chi connectivity index (χ1v) is 10.2. The van der Waals surface area contributed by atoms with Crippen molar-refractivity contribution in [1.82, 2.24) is 10.6 Å². The lowest BCUT2D eigenvalue weighted by Crippen LogP contribution is -2.46. The van der Waals surface area contributed by atoms with Crippen molar-refractivity contribution >= 4 is 29.1 Å². The van der Waals surface area contributed by atoms with Gasteiger partial charge in [-0.15, -0.1) is 11.3 Å². The van der Waals surface area contributed by atoms with E-state index in [0.29, 0.717) is 10.4 Å². The van der Waals surface area contributed by atoms with Crippen LogP contribution >= 0.6 is 11.3 Å². The zero-order valence-electron chi connectivity index (χ0n) is 15.9. The highest BCUT2D eigenvalue weighted by molar-refractivity contribution is 7.12. The standard InChI is InChI=1S/C21H24N2O4S/c1-13(2)17(23-19(24)16-9-6-12-28-16)21(26)27-18(14-7-4-3-5-8-14)20(25)22-15-10-11-15/h3-9,12-13,15,17-18H,10-11H2,1-2H3,(H,22,25)(H,23,24)/t17-,18+/m0/s1. The van der Waals surface area contributed by atoms with Crippen LogP contribution in [0.15, 0.2) is 47.8 Å². The largest absolute Gasteiger partial charge is 0.446 e. The Labute approximate surface area is 168 Å². The second-order valence-corrected chi connectivity index (χ2v) is 8.13. The van der Waals surface area contributed by atoms with Gasteiger partial charge in [-0.1, -0.05) is 50.2 Å². The fourth-order valence-corrected chi connectivity index (χ4v) is 3.34. The van der Waals surface area contributed by atoms with Gasteiger partial charge in [0.1, 0.15) is 6.04 Å². The number of hydrogen-bond acceptors (Lipinski definition) is 5. The lowest BCUT2D eigenvalue weighted by atomic mass is 10.0. The molecule has 0 radical (unpaired) electrons. The molecule has 2 aromatic rings. The van der Waals surface area contributed by atoms with Crippen molar-refractivity contribution in [3.05, 3.63) is 58.3 Å². The third-order valence-electron chi connectivity index (χ3n) is 4.45. The van der Waals surface area contributed by atoms with E-state index in [1.807, 2.05) is 19.9 Å². The highest BCUT2D eigenvalue weighted by Gasteiger charge is 2.34. The van der Waals surface area contributed by atoms with Crippen LogP contribution in [0.5, 0.6) is 0 Å². The van der Waals surface area contributed by atoms with Gasteiger partial charge in [-0.2, -0.15) is 0 Å². The zero-order valence-corrected chi connectivity index (χ0v) is 16.7. The summed E-state index contributed by atoms with van der Waals surface area (Å²) in [5.41, 5.74) is 0.598. The van der Waals surface area contributed by atoms with Crippen LogP contribution in [0.25, 0.3) is 0 Å². The van der Waals surface area contributed by atoms with Crippen molar-refractivity contribution in [3.63, 3.8) is 0 Å². The van der Waals surface area contributed by atoms with Crippen molar-refractivity contribution < 1.29 is 19.1 Å².